The largest absolute Gasteiger partial charge is 0.545 e. The average Bonchev–Trinajstić information content (AvgIpc) is 3.24. The third kappa shape index (κ3) is 4.82. The molecule has 0 spiro atoms. The van der Waals surface area contributed by atoms with Crippen molar-refractivity contribution in [2.45, 2.75) is 25.2 Å². The first-order chi connectivity index (χ1) is 16.9. The number of aliphatic carboxylic acids is 1. The molecule has 1 amide bonds. The molecule has 0 atom stereocenters. The minimum absolute atomic E-state index is 0.166. The van der Waals surface area contributed by atoms with E-state index in [1.165, 1.54) is 40.5 Å². The highest BCUT2D eigenvalue weighted by Gasteiger charge is 2.23. The lowest BCUT2D eigenvalue weighted by atomic mass is 9.83. The van der Waals surface area contributed by atoms with Crippen LogP contribution in [0.15, 0.2) is 34.6 Å². The summed E-state index contributed by atoms with van der Waals surface area (Å²) in [5, 5.41) is 16.4. The van der Waals surface area contributed by atoms with Gasteiger partial charge in [0.2, 0.25) is 0 Å². The van der Waals surface area contributed by atoms with Crippen molar-refractivity contribution in [1.29, 1.82) is 0 Å². The average molecular weight is 494 g/mol. The predicted molar refractivity (Wildman–Crippen MR) is 132 cm³/mol. The van der Waals surface area contributed by atoms with Gasteiger partial charge in [-0.3, -0.25) is 19.3 Å². The summed E-state index contributed by atoms with van der Waals surface area (Å²) in [6, 6.07) is 3.09. The minimum Gasteiger partial charge on any atom is -0.545 e. The number of carboxylic acid groups (broad SMARTS) is 1. The highest BCUT2D eigenvalue weighted by molar-refractivity contribution is 7.14. The molecule has 2 fully saturated rings. The number of carboxylic acids is 1. The topological polar surface area (TPSA) is 123 Å². The van der Waals surface area contributed by atoms with Gasteiger partial charge in [-0.1, -0.05) is 6.42 Å². The van der Waals surface area contributed by atoms with E-state index < -0.39 is 11.5 Å². The van der Waals surface area contributed by atoms with Gasteiger partial charge in [0.25, 0.3) is 11.5 Å². The first kappa shape index (κ1) is 23.2. The quantitative estimate of drug-likeness (QED) is 0.508. The maximum absolute atomic E-state index is 13.3. The van der Waals surface area contributed by atoms with Gasteiger partial charge in [0.05, 0.1) is 17.2 Å². The van der Waals surface area contributed by atoms with E-state index in [0.29, 0.717) is 41.2 Å². The van der Waals surface area contributed by atoms with Crippen LogP contribution in [0.3, 0.4) is 0 Å². The zero-order chi connectivity index (χ0) is 24.5. The Morgan fingerprint density at radius 2 is 1.97 bits per heavy atom. The molecular weight excluding hydrogens is 468 g/mol. The van der Waals surface area contributed by atoms with Crippen molar-refractivity contribution in [3.05, 3.63) is 57.0 Å². The molecule has 5 rings (SSSR count). The molecule has 10 nitrogen and oxygen atoms in total. The summed E-state index contributed by atoms with van der Waals surface area (Å²) in [6.45, 7) is 2.84. The van der Waals surface area contributed by atoms with Crippen LogP contribution in [0, 0.1) is 0 Å². The first-order valence-corrected chi connectivity index (χ1v) is 12.4. The van der Waals surface area contributed by atoms with Gasteiger partial charge in [0, 0.05) is 49.2 Å². The van der Waals surface area contributed by atoms with Crippen molar-refractivity contribution in [3.63, 3.8) is 0 Å². The summed E-state index contributed by atoms with van der Waals surface area (Å²) in [5.74, 6) is -0.850. The number of pyridine rings is 1. The second-order valence-corrected chi connectivity index (χ2v) is 9.76. The summed E-state index contributed by atoms with van der Waals surface area (Å²) in [5.41, 5.74) is 1.42. The van der Waals surface area contributed by atoms with Crippen LogP contribution < -0.4 is 20.9 Å². The smallest absolute Gasteiger partial charge is 0.267 e. The molecule has 1 aliphatic carbocycles. The molecule has 3 aromatic heterocycles. The van der Waals surface area contributed by atoms with E-state index in [2.05, 4.69) is 20.2 Å². The molecule has 1 aliphatic heterocycles. The van der Waals surface area contributed by atoms with Gasteiger partial charge in [-0.25, -0.2) is 9.97 Å². The number of aromatic nitrogens is 3. The lowest BCUT2D eigenvalue weighted by Crippen LogP contribution is -2.45. The van der Waals surface area contributed by atoms with Crippen molar-refractivity contribution in [2.24, 2.45) is 0 Å². The van der Waals surface area contributed by atoms with E-state index in [9.17, 15) is 19.5 Å². The highest BCUT2D eigenvalue weighted by atomic mass is 32.1. The first-order valence-electron chi connectivity index (χ1n) is 11.5. The fraction of sp³-hybridized carbons (Fsp3) is 0.375. The zero-order valence-electron chi connectivity index (χ0n) is 19.3. The Kier molecular flexibility index (Phi) is 6.35. The van der Waals surface area contributed by atoms with Crippen LogP contribution in [0.2, 0.25) is 0 Å². The van der Waals surface area contributed by atoms with Crippen molar-refractivity contribution in [3.8, 4) is 0 Å². The van der Waals surface area contributed by atoms with Gasteiger partial charge < -0.3 is 19.7 Å². The van der Waals surface area contributed by atoms with Gasteiger partial charge in [-0.05, 0) is 44.2 Å². The number of piperazine rings is 1. The molecule has 4 heterocycles. The highest BCUT2D eigenvalue weighted by Crippen LogP contribution is 2.37. The molecule has 2 aliphatic rings. The Morgan fingerprint density at radius 3 is 2.66 bits per heavy atom. The van der Waals surface area contributed by atoms with Gasteiger partial charge in [0.15, 0.2) is 5.13 Å². The van der Waals surface area contributed by atoms with Crippen LogP contribution in [0.25, 0.3) is 11.7 Å². The number of rotatable bonds is 6. The van der Waals surface area contributed by atoms with E-state index in [1.54, 1.807) is 6.07 Å². The molecule has 0 radical (unpaired) electrons. The lowest BCUT2D eigenvalue weighted by Gasteiger charge is -2.34. The van der Waals surface area contributed by atoms with E-state index in [4.69, 9.17) is 0 Å². The third-order valence-corrected chi connectivity index (χ3v) is 7.34. The van der Waals surface area contributed by atoms with Crippen LogP contribution in [-0.2, 0) is 4.79 Å². The van der Waals surface area contributed by atoms with Crippen LogP contribution in [-0.4, -0.2) is 64.4 Å². The van der Waals surface area contributed by atoms with Gasteiger partial charge in [0.1, 0.15) is 11.5 Å². The number of fused-ring (bicyclic) bond motifs is 1. The number of carbonyl (C=O) groups is 2. The van der Waals surface area contributed by atoms with Gasteiger partial charge in [-0.15, -0.1) is 11.3 Å². The van der Waals surface area contributed by atoms with E-state index in [0.717, 1.165) is 37.7 Å². The van der Waals surface area contributed by atoms with E-state index >= 15 is 0 Å². The lowest BCUT2D eigenvalue weighted by molar-refractivity contribution is -0.297. The number of amides is 1. The standard InChI is InChI=1S/C24H26N6O4S/c1-28-9-11-29(12-10-28)21-17(5-6-20(31)32)23(34)30-8-7-16(13-19(30)26-21)22(33)27-24-25-18(14-35-24)15-3-2-4-15/h5-8,13-15H,2-4,9-12H2,1H3,(H,31,32)(H,25,27,33)/p-1/b6-5+. The third-order valence-electron chi connectivity index (χ3n) is 6.56. The Bertz CT molecular complexity index is 1370. The van der Waals surface area contributed by atoms with Crippen LogP contribution >= 0.6 is 11.3 Å². The monoisotopic (exact) mass is 493 g/mol. The molecule has 11 heteroatoms. The maximum atomic E-state index is 13.3. The number of hydrogen-bond acceptors (Lipinski definition) is 9. The molecule has 0 aromatic carbocycles. The molecule has 1 saturated carbocycles. The number of carbonyl (C=O) groups excluding carboxylic acids is 2. The molecule has 1 N–H and O–H groups in total. The predicted octanol–water partition coefficient (Wildman–Crippen LogP) is 1.19. The number of hydrogen-bond donors (Lipinski definition) is 1. The Hall–Kier alpha value is -3.57. The van der Waals surface area contributed by atoms with Crippen LogP contribution in [0.4, 0.5) is 10.9 Å². The number of nitrogens with one attached hydrogen (secondary N) is 1. The molecule has 1 saturated heterocycles. The van der Waals surface area contributed by atoms with E-state index in [-0.39, 0.29) is 11.5 Å². The summed E-state index contributed by atoms with van der Waals surface area (Å²) in [4.78, 5) is 50.5. The maximum Gasteiger partial charge on any atom is 0.267 e. The molecule has 0 bridgehead atoms. The molecule has 3 aromatic rings. The molecule has 0 unspecified atom stereocenters. The van der Waals surface area contributed by atoms with Gasteiger partial charge in [-0.2, -0.15) is 0 Å². The normalized spacial score (nSPS) is 17.1. The number of nitrogens with zero attached hydrogens (tertiary/aromatic N) is 5. The molecule has 182 valence electrons. The van der Waals surface area contributed by atoms with Crippen LogP contribution in [0.1, 0.15) is 46.8 Å². The summed E-state index contributed by atoms with van der Waals surface area (Å²) in [6.07, 6.45) is 7.03. The fourth-order valence-electron chi connectivity index (χ4n) is 4.24. The van der Waals surface area contributed by atoms with Crippen molar-refractivity contribution < 1.29 is 14.7 Å². The van der Waals surface area contributed by atoms with Crippen molar-refractivity contribution in [1.82, 2.24) is 19.3 Å². The summed E-state index contributed by atoms with van der Waals surface area (Å²) < 4.78 is 1.31. The summed E-state index contributed by atoms with van der Waals surface area (Å²) in [7, 11) is 2.01. The second-order valence-electron chi connectivity index (χ2n) is 8.90. The molecule has 35 heavy (non-hydrogen) atoms. The van der Waals surface area contributed by atoms with Gasteiger partial charge >= 0.3 is 0 Å². The number of thiazole rings is 1. The summed E-state index contributed by atoms with van der Waals surface area (Å²) >= 11 is 1.40. The number of anilines is 2. The molecular formula is C24H25N6O4S-. The Labute approximate surface area is 205 Å². The Morgan fingerprint density at radius 1 is 1.20 bits per heavy atom. The van der Waals surface area contributed by atoms with Crippen molar-refractivity contribution >= 4 is 45.9 Å². The van der Waals surface area contributed by atoms with Crippen molar-refractivity contribution in [2.75, 3.05) is 43.4 Å². The zero-order valence-corrected chi connectivity index (χ0v) is 20.1. The second kappa shape index (κ2) is 9.59. The Balaban J connectivity index is 1.47. The van der Waals surface area contributed by atoms with Crippen LogP contribution in [0.5, 0.6) is 0 Å². The fourth-order valence-corrected chi connectivity index (χ4v) is 5.03. The number of likely N-dealkylation sites (N-methyl/N-ethyl adjacent to an activating group) is 1. The SMILES string of the molecule is CN1CCN(c2nc3cc(C(=O)Nc4nc(C5CCC5)cs4)ccn3c(=O)c2/C=C/C(=O)[O-])CC1. The van der Waals surface area contributed by atoms with E-state index in [1.807, 2.05) is 17.3 Å². The minimum atomic E-state index is -1.39.